The second-order valence-electron chi connectivity index (χ2n) is 4.26. The van der Waals surface area contributed by atoms with Crippen LogP contribution in [0.5, 0.6) is 0 Å². The predicted molar refractivity (Wildman–Crippen MR) is 61.6 cm³/mol. The number of thioether (sulfide) groups is 1. The van der Waals surface area contributed by atoms with Crippen LogP contribution in [-0.2, 0) is 4.79 Å². The molecule has 5 nitrogen and oxygen atoms in total. The molecule has 0 bridgehead atoms. The molecule has 2 aliphatic rings. The summed E-state index contributed by atoms with van der Waals surface area (Å²) in [6, 6.07) is 0.440. The number of carboxylic acid groups (broad SMARTS) is 1. The Kier molecular flexibility index (Phi) is 3.58. The van der Waals surface area contributed by atoms with Crippen LogP contribution in [0, 0.1) is 0 Å². The maximum absolute atomic E-state index is 11.1. The third-order valence-electron chi connectivity index (χ3n) is 3.07. The van der Waals surface area contributed by atoms with E-state index in [-0.39, 0.29) is 24.5 Å². The summed E-state index contributed by atoms with van der Waals surface area (Å²) in [7, 11) is 0. The normalized spacial score (nSPS) is 32.0. The molecule has 3 atom stereocenters. The fourth-order valence-corrected chi connectivity index (χ4v) is 3.81. The Morgan fingerprint density at radius 3 is 3.00 bits per heavy atom. The number of amides is 2. The molecule has 0 saturated carbocycles. The van der Waals surface area contributed by atoms with Gasteiger partial charge < -0.3 is 15.7 Å². The molecule has 2 aliphatic heterocycles. The molecule has 2 amide bonds. The van der Waals surface area contributed by atoms with E-state index in [9.17, 15) is 9.59 Å². The Labute approximate surface area is 98.4 Å². The van der Waals surface area contributed by atoms with Gasteiger partial charge in [-0.25, -0.2) is 4.79 Å². The highest BCUT2D eigenvalue weighted by Crippen LogP contribution is 2.33. The highest BCUT2D eigenvalue weighted by atomic mass is 32.2. The number of carbonyl (C=O) groups is 2. The third kappa shape index (κ3) is 2.61. The summed E-state index contributed by atoms with van der Waals surface area (Å²) in [6.45, 7) is 0. The Hall–Kier alpha value is -0.910. The quantitative estimate of drug-likeness (QED) is 0.493. The van der Waals surface area contributed by atoms with Gasteiger partial charge in [-0.15, -0.1) is 0 Å². The van der Waals surface area contributed by atoms with Gasteiger partial charge >= 0.3 is 12.0 Å². The Morgan fingerprint density at radius 2 is 2.25 bits per heavy atom. The summed E-state index contributed by atoms with van der Waals surface area (Å²) in [5.41, 5.74) is 0. The van der Waals surface area contributed by atoms with Crippen LogP contribution >= 0.6 is 11.8 Å². The molecule has 90 valence electrons. The summed E-state index contributed by atoms with van der Waals surface area (Å²) < 4.78 is 0. The molecule has 2 saturated heterocycles. The lowest BCUT2D eigenvalue weighted by molar-refractivity contribution is -0.137. The first-order chi connectivity index (χ1) is 7.66. The molecule has 0 aromatic rings. The van der Waals surface area contributed by atoms with Gasteiger partial charge in [0.1, 0.15) is 0 Å². The van der Waals surface area contributed by atoms with Crippen molar-refractivity contribution >= 4 is 23.8 Å². The van der Waals surface area contributed by atoms with Crippen LogP contribution in [0.1, 0.15) is 25.7 Å². The summed E-state index contributed by atoms with van der Waals surface area (Å²) >= 11 is 1.87. The van der Waals surface area contributed by atoms with E-state index in [0.717, 1.165) is 25.0 Å². The smallest absolute Gasteiger partial charge is 0.315 e. The molecule has 0 aromatic carbocycles. The minimum atomic E-state index is -0.729. The summed E-state index contributed by atoms with van der Waals surface area (Å²) in [4.78, 5) is 21.5. The van der Waals surface area contributed by atoms with E-state index in [1.54, 1.807) is 0 Å². The van der Waals surface area contributed by atoms with Gasteiger partial charge in [0.05, 0.1) is 12.1 Å². The Bertz CT molecular complexity index is 298. The molecular formula is C10H16N2O3S. The zero-order valence-electron chi connectivity index (χ0n) is 8.94. The van der Waals surface area contributed by atoms with Crippen molar-refractivity contribution < 1.29 is 14.7 Å². The highest BCUT2D eigenvalue weighted by molar-refractivity contribution is 8.00. The lowest BCUT2D eigenvalue weighted by atomic mass is 10.0. The molecule has 6 heteroatoms. The van der Waals surface area contributed by atoms with Gasteiger partial charge in [0.15, 0.2) is 0 Å². The Morgan fingerprint density at radius 1 is 1.44 bits per heavy atom. The van der Waals surface area contributed by atoms with Crippen LogP contribution in [0.25, 0.3) is 0 Å². The average molecular weight is 244 g/mol. The van der Waals surface area contributed by atoms with Crippen molar-refractivity contribution in [2.24, 2.45) is 0 Å². The number of hydrogen-bond donors (Lipinski definition) is 3. The second kappa shape index (κ2) is 4.95. The topological polar surface area (TPSA) is 78.4 Å². The van der Waals surface area contributed by atoms with E-state index in [1.165, 1.54) is 0 Å². The molecule has 2 fully saturated rings. The van der Waals surface area contributed by atoms with Crippen LogP contribution in [0.15, 0.2) is 0 Å². The van der Waals surface area contributed by atoms with Crippen molar-refractivity contribution in [3.8, 4) is 0 Å². The van der Waals surface area contributed by atoms with Gasteiger partial charge in [-0.3, -0.25) is 4.79 Å². The standard InChI is InChI=1S/C10H16N2O3S/c13-8(14)4-2-1-3-7-9-6(5-16-7)11-10(15)12-9/h6-7,9H,1-5H2,(H,13,14)(H2,11,12,15)/t6-,7?,9-/m1/s1. The first kappa shape index (κ1) is 11.6. The Balaban J connectivity index is 1.70. The molecule has 3 N–H and O–H groups in total. The van der Waals surface area contributed by atoms with Crippen molar-refractivity contribution in [3.05, 3.63) is 0 Å². The van der Waals surface area contributed by atoms with Gasteiger partial charge in [0, 0.05) is 17.4 Å². The van der Waals surface area contributed by atoms with E-state index in [1.807, 2.05) is 11.8 Å². The molecular weight excluding hydrogens is 228 g/mol. The van der Waals surface area contributed by atoms with Crippen LogP contribution < -0.4 is 10.6 Å². The number of aliphatic carboxylic acids is 1. The maximum atomic E-state index is 11.1. The van der Waals surface area contributed by atoms with Crippen LogP contribution in [0.4, 0.5) is 4.79 Å². The third-order valence-corrected chi connectivity index (χ3v) is 4.58. The fourth-order valence-electron chi connectivity index (χ4n) is 2.26. The van der Waals surface area contributed by atoms with Crippen molar-refractivity contribution in [1.29, 1.82) is 0 Å². The first-order valence-electron chi connectivity index (χ1n) is 5.57. The largest absolute Gasteiger partial charge is 0.481 e. The minimum Gasteiger partial charge on any atom is -0.481 e. The number of fused-ring (bicyclic) bond motifs is 1. The van der Waals surface area contributed by atoms with E-state index in [2.05, 4.69) is 10.6 Å². The number of urea groups is 1. The minimum absolute atomic E-state index is 0.0640. The molecule has 0 aliphatic carbocycles. The van der Waals surface area contributed by atoms with Crippen molar-refractivity contribution in [2.45, 2.75) is 43.0 Å². The maximum Gasteiger partial charge on any atom is 0.315 e. The molecule has 0 aromatic heterocycles. The van der Waals surface area contributed by atoms with E-state index in [4.69, 9.17) is 5.11 Å². The molecule has 2 rings (SSSR count). The van der Waals surface area contributed by atoms with E-state index < -0.39 is 5.97 Å². The van der Waals surface area contributed by atoms with Gasteiger partial charge in [-0.2, -0.15) is 11.8 Å². The molecule has 16 heavy (non-hydrogen) atoms. The van der Waals surface area contributed by atoms with Crippen LogP contribution in [0.2, 0.25) is 0 Å². The summed E-state index contributed by atoms with van der Waals surface area (Å²) in [6.07, 6.45) is 2.88. The SMILES string of the molecule is O=C(O)CCCCC1SC[C@H]2NC(=O)N[C@@H]12. The van der Waals surface area contributed by atoms with E-state index in [0.29, 0.717) is 5.25 Å². The highest BCUT2D eigenvalue weighted by Gasteiger charge is 2.42. The lowest BCUT2D eigenvalue weighted by Crippen LogP contribution is -2.36. The predicted octanol–water partition coefficient (Wildman–Crippen LogP) is 0.797. The summed E-state index contributed by atoms with van der Waals surface area (Å²) in [5, 5.41) is 14.8. The van der Waals surface area contributed by atoms with Crippen molar-refractivity contribution in [2.75, 3.05) is 5.75 Å². The second-order valence-corrected chi connectivity index (χ2v) is 5.53. The van der Waals surface area contributed by atoms with Crippen LogP contribution in [0.3, 0.4) is 0 Å². The number of carboxylic acids is 1. The number of hydrogen-bond acceptors (Lipinski definition) is 3. The average Bonchev–Trinajstić information content (AvgIpc) is 2.72. The fraction of sp³-hybridized carbons (Fsp3) is 0.800. The first-order valence-corrected chi connectivity index (χ1v) is 6.62. The van der Waals surface area contributed by atoms with Gasteiger partial charge in [0.2, 0.25) is 0 Å². The molecule has 2 heterocycles. The number of nitrogens with one attached hydrogen (secondary N) is 2. The van der Waals surface area contributed by atoms with Crippen molar-refractivity contribution in [3.63, 3.8) is 0 Å². The lowest BCUT2D eigenvalue weighted by Gasteiger charge is -2.16. The van der Waals surface area contributed by atoms with E-state index >= 15 is 0 Å². The molecule has 0 spiro atoms. The van der Waals surface area contributed by atoms with Gasteiger partial charge in [0.25, 0.3) is 0 Å². The molecule has 0 radical (unpaired) electrons. The van der Waals surface area contributed by atoms with Gasteiger partial charge in [-0.1, -0.05) is 6.42 Å². The zero-order chi connectivity index (χ0) is 11.5. The zero-order valence-corrected chi connectivity index (χ0v) is 9.76. The van der Waals surface area contributed by atoms with Gasteiger partial charge in [-0.05, 0) is 12.8 Å². The molecule has 1 unspecified atom stereocenters. The monoisotopic (exact) mass is 244 g/mol. The number of unbranched alkanes of at least 4 members (excludes halogenated alkanes) is 1. The summed E-state index contributed by atoms with van der Waals surface area (Å²) in [5.74, 6) is 0.236. The van der Waals surface area contributed by atoms with Crippen LogP contribution in [-0.4, -0.2) is 40.2 Å². The number of rotatable bonds is 5. The number of carbonyl (C=O) groups excluding carboxylic acids is 1. The van der Waals surface area contributed by atoms with Crippen molar-refractivity contribution in [1.82, 2.24) is 10.6 Å².